The predicted octanol–water partition coefficient (Wildman–Crippen LogP) is 1.73. The van der Waals surface area contributed by atoms with E-state index in [0.29, 0.717) is 34.8 Å². The molecule has 0 aliphatic carbocycles. The highest BCUT2D eigenvalue weighted by molar-refractivity contribution is 5.79. The lowest BCUT2D eigenvalue weighted by Crippen LogP contribution is -2.39. The largest absolute Gasteiger partial charge is 0.381 e. The van der Waals surface area contributed by atoms with E-state index in [2.05, 4.69) is 10.4 Å². The SMILES string of the molecule is Cc1nn(C(F)F)c(C)c1CC(=O)NC1CCOCC1. The second-order valence-corrected chi connectivity index (χ2v) is 5.00. The third-order valence-corrected chi connectivity index (χ3v) is 3.58. The van der Waals surface area contributed by atoms with Crippen molar-refractivity contribution in [3.63, 3.8) is 0 Å². The summed E-state index contributed by atoms with van der Waals surface area (Å²) in [5.74, 6) is -0.156. The van der Waals surface area contributed by atoms with Gasteiger partial charge in [-0.05, 0) is 26.7 Å². The first-order valence-electron chi connectivity index (χ1n) is 6.69. The van der Waals surface area contributed by atoms with E-state index in [0.717, 1.165) is 12.8 Å². The Morgan fingerprint density at radius 1 is 1.45 bits per heavy atom. The van der Waals surface area contributed by atoms with E-state index in [1.165, 1.54) is 0 Å². The Hall–Kier alpha value is -1.50. The summed E-state index contributed by atoms with van der Waals surface area (Å²) in [4.78, 5) is 12.0. The maximum atomic E-state index is 12.7. The lowest BCUT2D eigenvalue weighted by molar-refractivity contribution is -0.121. The minimum atomic E-state index is -2.68. The summed E-state index contributed by atoms with van der Waals surface area (Å²) in [5, 5.41) is 6.69. The molecule has 2 heterocycles. The third-order valence-electron chi connectivity index (χ3n) is 3.58. The van der Waals surface area contributed by atoms with Crippen LogP contribution >= 0.6 is 0 Å². The summed E-state index contributed by atoms with van der Waals surface area (Å²) in [6, 6.07) is 0.113. The Labute approximate surface area is 116 Å². The Kier molecular flexibility index (Phi) is 4.69. The second kappa shape index (κ2) is 6.30. The topological polar surface area (TPSA) is 56.2 Å². The Bertz CT molecular complexity index is 482. The lowest BCUT2D eigenvalue weighted by atomic mass is 10.1. The number of aromatic nitrogens is 2. The van der Waals surface area contributed by atoms with Gasteiger partial charge in [-0.25, -0.2) is 4.68 Å². The van der Waals surface area contributed by atoms with Crippen LogP contribution in [0, 0.1) is 13.8 Å². The average molecular weight is 287 g/mol. The molecule has 0 unspecified atom stereocenters. The van der Waals surface area contributed by atoms with Gasteiger partial charge in [-0.2, -0.15) is 13.9 Å². The number of alkyl halides is 2. The van der Waals surface area contributed by atoms with Crippen molar-refractivity contribution in [2.75, 3.05) is 13.2 Å². The normalized spacial score (nSPS) is 16.6. The van der Waals surface area contributed by atoms with Crippen LogP contribution in [0.1, 0.15) is 36.3 Å². The van der Waals surface area contributed by atoms with Crippen molar-refractivity contribution in [3.05, 3.63) is 17.0 Å². The number of ether oxygens (including phenoxy) is 1. The van der Waals surface area contributed by atoms with Gasteiger partial charge >= 0.3 is 6.55 Å². The summed E-state index contributed by atoms with van der Waals surface area (Å²) in [5.41, 5.74) is 1.40. The molecule has 0 bridgehead atoms. The van der Waals surface area contributed by atoms with Gasteiger partial charge in [-0.3, -0.25) is 4.79 Å². The molecule has 0 atom stereocenters. The molecule has 7 heteroatoms. The molecular formula is C13H19F2N3O2. The van der Waals surface area contributed by atoms with Crippen molar-refractivity contribution >= 4 is 5.91 Å². The minimum Gasteiger partial charge on any atom is -0.381 e. The monoisotopic (exact) mass is 287 g/mol. The molecule has 0 saturated carbocycles. The predicted molar refractivity (Wildman–Crippen MR) is 68.6 cm³/mol. The summed E-state index contributed by atoms with van der Waals surface area (Å²) >= 11 is 0. The summed E-state index contributed by atoms with van der Waals surface area (Å²) < 4.78 is 31.3. The molecule has 1 aliphatic rings. The molecule has 1 aromatic heterocycles. The molecule has 1 saturated heterocycles. The van der Waals surface area contributed by atoms with Gasteiger partial charge in [0.2, 0.25) is 5.91 Å². The van der Waals surface area contributed by atoms with Gasteiger partial charge in [0, 0.05) is 30.5 Å². The number of hydrogen-bond acceptors (Lipinski definition) is 3. The van der Waals surface area contributed by atoms with Crippen LogP contribution in [0.2, 0.25) is 0 Å². The van der Waals surface area contributed by atoms with Gasteiger partial charge in [-0.1, -0.05) is 0 Å². The van der Waals surface area contributed by atoms with E-state index in [-0.39, 0.29) is 18.4 Å². The van der Waals surface area contributed by atoms with Crippen molar-refractivity contribution in [3.8, 4) is 0 Å². The zero-order valence-electron chi connectivity index (χ0n) is 11.7. The van der Waals surface area contributed by atoms with Gasteiger partial charge in [0.15, 0.2) is 0 Å². The van der Waals surface area contributed by atoms with Crippen molar-refractivity contribution in [2.45, 2.75) is 45.7 Å². The van der Waals surface area contributed by atoms with E-state index < -0.39 is 6.55 Å². The number of hydrogen-bond donors (Lipinski definition) is 1. The second-order valence-electron chi connectivity index (χ2n) is 5.00. The van der Waals surface area contributed by atoms with Gasteiger partial charge < -0.3 is 10.1 Å². The Morgan fingerprint density at radius 2 is 2.10 bits per heavy atom. The van der Waals surface area contributed by atoms with E-state index in [1.54, 1.807) is 13.8 Å². The van der Waals surface area contributed by atoms with Crippen LogP contribution < -0.4 is 5.32 Å². The van der Waals surface area contributed by atoms with Gasteiger partial charge in [-0.15, -0.1) is 0 Å². The zero-order chi connectivity index (χ0) is 14.7. The van der Waals surface area contributed by atoms with Crippen LogP contribution in [-0.2, 0) is 16.0 Å². The fourth-order valence-electron chi connectivity index (χ4n) is 2.42. The van der Waals surface area contributed by atoms with E-state index in [9.17, 15) is 13.6 Å². The summed E-state index contributed by atoms with van der Waals surface area (Å²) in [6.07, 6.45) is 1.67. The highest BCUT2D eigenvalue weighted by Crippen LogP contribution is 2.19. The van der Waals surface area contributed by atoms with Crippen LogP contribution in [0.3, 0.4) is 0 Å². The first kappa shape index (κ1) is 14.9. The molecule has 112 valence electrons. The van der Waals surface area contributed by atoms with Gasteiger partial charge in [0.1, 0.15) is 0 Å². The van der Waals surface area contributed by atoms with Crippen molar-refractivity contribution in [2.24, 2.45) is 0 Å². The maximum Gasteiger partial charge on any atom is 0.333 e. The van der Waals surface area contributed by atoms with Crippen molar-refractivity contribution < 1.29 is 18.3 Å². The average Bonchev–Trinajstić information content (AvgIpc) is 2.68. The number of halogens is 2. The molecule has 0 radical (unpaired) electrons. The number of carbonyl (C=O) groups excluding carboxylic acids is 1. The van der Waals surface area contributed by atoms with Gasteiger partial charge in [0.05, 0.1) is 12.1 Å². The molecule has 20 heavy (non-hydrogen) atoms. The Balaban J connectivity index is 2.00. The van der Waals surface area contributed by atoms with Crippen LogP contribution in [0.4, 0.5) is 8.78 Å². The standard InChI is InChI=1S/C13H19F2N3O2/c1-8-11(9(2)18(17-8)13(14)15)7-12(19)16-10-3-5-20-6-4-10/h10,13H,3-7H2,1-2H3,(H,16,19). The number of amides is 1. The van der Waals surface area contributed by atoms with E-state index in [1.807, 2.05) is 0 Å². The Morgan fingerprint density at radius 3 is 2.65 bits per heavy atom. The smallest absolute Gasteiger partial charge is 0.333 e. The fraction of sp³-hybridized carbons (Fsp3) is 0.692. The first-order valence-corrected chi connectivity index (χ1v) is 6.69. The lowest BCUT2D eigenvalue weighted by Gasteiger charge is -2.23. The molecule has 0 aromatic carbocycles. The van der Waals surface area contributed by atoms with E-state index >= 15 is 0 Å². The fourth-order valence-corrected chi connectivity index (χ4v) is 2.42. The number of rotatable bonds is 4. The third kappa shape index (κ3) is 3.33. The number of carbonyl (C=O) groups is 1. The molecule has 1 amide bonds. The molecule has 5 nitrogen and oxygen atoms in total. The molecule has 1 aromatic rings. The zero-order valence-corrected chi connectivity index (χ0v) is 11.7. The van der Waals surface area contributed by atoms with Gasteiger partial charge in [0.25, 0.3) is 0 Å². The number of nitrogens with one attached hydrogen (secondary N) is 1. The van der Waals surface area contributed by atoms with Crippen LogP contribution in [0.15, 0.2) is 0 Å². The minimum absolute atomic E-state index is 0.0851. The summed E-state index contributed by atoms with van der Waals surface area (Å²) in [7, 11) is 0. The van der Waals surface area contributed by atoms with Crippen LogP contribution in [-0.4, -0.2) is 34.9 Å². The molecular weight excluding hydrogens is 268 g/mol. The molecule has 1 aliphatic heterocycles. The quantitative estimate of drug-likeness (QED) is 0.917. The molecule has 1 fully saturated rings. The van der Waals surface area contributed by atoms with Crippen LogP contribution in [0.25, 0.3) is 0 Å². The van der Waals surface area contributed by atoms with Crippen molar-refractivity contribution in [1.82, 2.24) is 15.1 Å². The molecule has 0 spiro atoms. The summed E-state index contributed by atoms with van der Waals surface area (Å²) in [6.45, 7) is 1.81. The maximum absolute atomic E-state index is 12.7. The molecule has 2 rings (SSSR count). The molecule has 1 N–H and O–H groups in total. The number of nitrogens with zero attached hydrogens (tertiary/aromatic N) is 2. The number of aryl methyl sites for hydroxylation is 1. The highest BCUT2D eigenvalue weighted by atomic mass is 19.3. The highest BCUT2D eigenvalue weighted by Gasteiger charge is 2.21. The first-order chi connectivity index (χ1) is 9.49. The van der Waals surface area contributed by atoms with E-state index in [4.69, 9.17) is 4.74 Å². The van der Waals surface area contributed by atoms with Crippen molar-refractivity contribution in [1.29, 1.82) is 0 Å². The van der Waals surface area contributed by atoms with Crippen LogP contribution in [0.5, 0.6) is 0 Å².